The third kappa shape index (κ3) is 8.01. The van der Waals surface area contributed by atoms with E-state index < -0.39 is 17.9 Å². The maximum Gasteiger partial charge on any atom is 0.272 e. The van der Waals surface area contributed by atoms with Gasteiger partial charge in [-0.25, -0.2) is 10.0 Å². The van der Waals surface area contributed by atoms with E-state index in [1.807, 2.05) is 32.0 Å². The van der Waals surface area contributed by atoms with Crippen LogP contribution in [0.25, 0.3) is 11.3 Å². The number of nitrogens with zero attached hydrogens (tertiary/aromatic N) is 3. The molecule has 0 bridgehead atoms. The second kappa shape index (κ2) is 14.8. The van der Waals surface area contributed by atoms with Crippen LogP contribution in [0, 0.1) is 12.8 Å². The maximum atomic E-state index is 12.9. The maximum absolute atomic E-state index is 12.9. The van der Waals surface area contributed by atoms with Crippen molar-refractivity contribution in [2.45, 2.75) is 65.8 Å². The number of hydroxylamine groups is 2. The molecule has 1 aromatic heterocycles. The third-order valence-electron chi connectivity index (χ3n) is 5.95. The molecule has 0 aliphatic heterocycles. The number of aryl methyl sites for hydroxylation is 1. The van der Waals surface area contributed by atoms with Crippen LogP contribution in [0.3, 0.4) is 0 Å². The van der Waals surface area contributed by atoms with Crippen LogP contribution in [0.1, 0.15) is 68.9 Å². The number of nitrogens with one attached hydrogen (secondary N) is 2. The first-order chi connectivity index (χ1) is 17.4. The number of hydrogen-bond acceptors (Lipinski definition) is 7. The molecule has 3 amide bonds. The standard InChI is InChI=1S/C26H37N5O5/c1-5-8-9-10-20(23(6-2)31(35)17-32)25(33)28-16-29-26(34)22-15-27-14-21(30-22)19-12-11-18(4)24(13-19)36-7-3/h11-15,17,20,23,35H,5-10,16H2,1-4H3,(H,28,33)(H,29,34). The van der Waals surface area contributed by atoms with Gasteiger partial charge in [-0.15, -0.1) is 0 Å². The lowest BCUT2D eigenvalue weighted by atomic mass is 9.90. The number of carbonyl (C=O) groups is 3. The molecule has 2 aromatic rings. The van der Waals surface area contributed by atoms with Crippen molar-refractivity contribution in [2.75, 3.05) is 13.3 Å². The fraction of sp³-hybridized carbons (Fsp3) is 0.500. The summed E-state index contributed by atoms with van der Waals surface area (Å²) >= 11 is 0. The molecular weight excluding hydrogens is 462 g/mol. The molecule has 10 heteroatoms. The number of unbranched alkanes of at least 4 members (excludes halogenated alkanes) is 2. The van der Waals surface area contributed by atoms with Gasteiger partial charge >= 0.3 is 0 Å². The summed E-state index contributed by atoms with van der Waals surface area (Å²) in [4.78, 5) is 45.2. The van der Waals surface area contributed by atoms with Crippen LogP contribution in [0.5, 0.6) is 5.75 Å². The van der Waals surface area contributed by atoms with E-state index in [-0.39, 0.29) is 18.3 Å². The molecule has 2 unspecified atom stereocenters. The zero-order valence-corrected chi connectivity index (χ0v) is 21.5. The second-order valence-corrected chi connectivity index (χ2v) is 8.49. The summed E-state index contributed by atoms with van der Waals surface area (Å²) in [6.07, 6.45) is 6.87. The van der Waals surface area contributed by atoms with E-state index in [1.54, 1.807) is 13.1 Å². The van der Waals surface area contributed by atoms with Crippen LogP contribution in [-0.4, -0.2) is 57.8 Å². The minimum Gasteiger partial charge on any atom is -0.494 e. The molecule has 196 valence electrons. The molecule has 0 saturated heterocycles. The Kier molecular flexibility index (Phi) is 11.8. The van der Waals surface area contributed by atoms with E-state index in [9.17, 15) is 19.6 Å². The van der Waals surface area contributed by atoms with Gasteiger partial charge in [-0.3, -0.25) is 24.6 Å². The fourth-order valence-electron chi connectivity index (χ4n) is 3.96. The zero-order chi connectivity index (χ0) is 26.5. The van der Waals surface area contributed by atoms with E-state index in [2.05, 4.69) is 27.5 Å². The summed E-state index contributed by atoms with van der Waals surface area (Å²) < 4.78 is 5.64. The highest BCUT2D eigenvalue weighted by atomic mass is 16.5. The average molecular weight is 500 g/mol. The first-order valence-corrected chi connectivity index (χ1v) is 12.4. The first-order valence-electron chi connectivity index (χ1n) is 12.4. The SMILES string of the molecule is CCCCCC(C(=O)NCNC(=O)c1cncc(-c2ccc(C)c(OCC)c2)n1)C(CC)N(O)C=O. The molecule has 0 spiro atoms. The molecule has 0 aliphatic rings. The van der Waals surface area contributed by atoms with Crippen molar-refractivity contribution in [2.24, 2.45) is 5.92 Å². The number of aromatic nitrogens is 2. The fourth-order valence-corrected chi connectivity index (χ4v) is 3.96. The Bertz CT molecular complexity index is 1020. The number of ether oxygens (including phenoxy) is 1. The minimum atomic E-state index is -0.645. The summed E-state index contributed by atoms with van der Waals surface area (Å²) in [5, 5.41) is 15.8. The van der Waals surface area contributed by atoms with Crippen LogP contribution >= 0.6 is 0 Å². The molecule has 10 nitrogen and oxygen atoms in total. The Morgan fingerprint density at radius 2 is 1.94 bits per heavy atom. The van der Waals surface area contributed by atoms with Crippen LogP contribution in [0.15, 0.2) is 30.6 Å². The van der Waals surface area contributed by atoms with Crippen molar-refractivity contribution in [3.63, 3.8) is 0 Å². The van der Waals surface area contributed by atoms with Gasteiger partial charge in [0.1, 0.15) is 11.4 Å². The lowest BCUT2D eigenvalue weighted by Crippen LogP contribution is -2.47. The highest BCUT2D eigenvalue weighted by Crippen LogP contribution is 2.26. The predicted molar refractivity (Wildman–Crippen MR) is 135 cm³/mol. The van der Waals surface area contributed by atoms with Crippen molar-refractivity contribution in [3.8, 4) is 17.0 Å². The van der Waals surface area contributed by atoms with Gasteiger partial charge in [-0.2, -0.15) is 0 Å². The van der Waals surface area contributed by atoms with Crippen molar-refractivity contribution in [1.82, 2.24) is 25.7 Å². The van der Waals surface area contributed by atoms with Gasteiger partial charge in [-0.05, 0) is 38.3 Å². The molecule has 3 N–H and O–H groups in total. The molecule has 1 aromatic carbocycles. The van der Waals surface area contributed by atoms with E-state index in [4.69, 9.17) is 4.74 Å². The summed E-state index contributed by atoms with van der Waals surface area (Å²) in [7, 11) is 0. The highest BCUT2D eigenvalue weighted by molar-refractivity contribution is 5.92. The Labute approximate surface area is 212 Å². The monoisotopic (exact) mass is 499 g/mol. The largest absolute Gasteiger partial charge is 0.494 e. The van der Waals surface area contributed by atoms with E-state index in [0.717, 1.165) is 36.1 Å². The molecular formula is C26H37N5O5. The Hall–Kier alpha value is -3.53. The predicted octanol–water partition coefficient (Wildman–Crippen LogP) is 3.48. The summed E-state index contributed by atoms with van der Waals surface area (Å²) in [5.41, 5.74) is 2.39. The smallest absolute Gasteiger partial charge is 0.272 e. The Morgan fingerprint density at radius 1 is 1.17 bits per heavy atom. The van der Waals surface area contributed by atoms with Gasteiger partial charge in [-0.1, -0.05) is 45.2 Å². The lowest BCUT2D eigenvalue weighted by molar-refractivity contribution is -0.168. The molecule has 2 rings (SSSR count). The van der Waals surface area contributed by atoms with Crippen molar-refractivity contribution in [3.05, 3.63) is 41.9 Å². The molecule has 36 heavy (non-hydrogen) atoms. The number of hydrogen-bond donors (Lipinski definition) is 3. The van der Waals surface area contributed by atoms with E-state index >= 15 is 0 Å². The summed E-state index contributed by atoms with van der Waals surface area (Å²) in [6, 6.07) is 5.02. The van der Waals surface area contributed by atoms with E-state index in [1.165, 1.54) is 6.20 Å². The van der Waals surface area contributed by atoms with Gasteiger partial charge < -0.3 is 15.4 Å². The molecule has 0 fully saturated rings. The topological polar surface area (TPSA) is 134 Å². The average Bonchev–Trinajstić information content (AvgIpc) is 2.89. The molecule has 2 atom stereocenters. The van der Waals surface area contributed by atoms with Crippen molar-refractivity contribution < 1.29 is 24.3 Å². The van der Waals surface area contributed by atoms with Crippen molar-refractivity contribution >= 4 is 18.2 Å². The first kappa shape index (κ1) is 28.7. The quantitative estimate of drug-likeness (QED) is 0.112. The van der Waals surface area contributed by atoms with Gasteiger partial charge in [0, 0.05) is 5.56 Å². The van der Waals surface area contributed by atoms with Gasteiger partial charge in [0.25, 0.3) is 5.91 Å². The molecule has 0 saturated carbocycles. The summed E-state index contributed by atoms with van der Waals surface area (Å²) in [6.45, 7) is 8.13. The van der Waals surface area contributed by atoms with Crippen LogP contribution < -0.4 is 15.4 Å². The van der Waals surface area contributed by atoms with E-state index in [0.29, 0.717) is 36.6 Å². The van der Waals surface area contributed by atoms with Crippen LogP contribution in [0.2, 0.25) is 0 Å². The number of carbonyl (C=O) groups excluding carboxylic acids is 3. The van der Waals surface area contributed by atoms with Crippen molar-refractivity contribution in [1.29, 1.82) is 0 Å². The van der Waals surface area contributed by atoms with Gasteiger partial charge in [0.05, 0.1) is 43.3 Å². The Balaban J connectivity index is 2.04. The number of benzene rings is 1. The zero-order valence-electron chi connectivity index (χ0n) is 21.5. The Morgan fingerprint density at radius 3 is 2.61 bits per heavy atom. The molecule has 0 aliphatic carbocycles. The van der Waals surface area contributed by atoms with Gasteiger partial charge in [0.15, 0.2) is 0 Å². The second-order valence-electron chi connectivity index (χ2n) is 8.49. The minimum absolute atomic E-state index is 0.105. The van der Waals surface area contributed by atoms with Crippen LogP contribution in [0.4, 0.5) is 0 Å². The summed E-state index contributed by atoms with van der Waals surface area (Å²) in [5.74, 6) is -0.697. The third-order valence-corrected chi connectivity index (χ3v) is 5.95. The van der Waals surface area contributed by atoms with Gasteiger partial charge in [0.2, 0.25) is 12.3 Å². The normalized spacial score (nSPS) is 12.4. The molecule has 0 radical (unpaired) electrons. The highest BCUT2D eigenvalue weighted by Gasteiger charge is 2.30. The number of rotatable bonds is 15. The lowest BCUT2D eigenvalue weighted by Gasteiger charge is -2.29. The van der Waals surface area contributed by atoms with Crippen LogP contribution in [-0.2, 0) is 9.59 Å². The number of amides is 3. The molecule has 1 heterocycles.